The van der Waals surface area contributed by atoms with Crippen LogP contribution in [0.4, 0.5) is 0 Å². The predicted molar refractivity (Wildman–Crippen MR) is 78.2 cm³/mol. The number of hydrogen-bond donors (Lipinski definition) is 1. The number of carbonyl (C=O) groups excluding carboxylic acids is 1. The molecule has 6 heteroatoms. The van der Waals surface area contributed by atoms with E-state index in [4.69, 9.17) is 9.47 Å². The molecule has 3 rings (SSSR count). The molecule has 1 spiro atoms. The van der Waals surface area contributed by atoms with E-state index in [0.717, 1.165) is 0 Å². The maximum absolute atomic E-state index is 12.8. The van der Waals surface area contributed by atoms with E-state index in [1.807, 2.05) is 6.08 Å². The molecule has 0 saturated carbocycles. The maximum Gasteiger partial charge on any atom is 0.310 e. The summed E-state index contributed by atoms with van der Waals surface area (Å²) in [6, 6.07) is -0.190. The van der Waals surface area contributed by atoms with Crippen molar-refractivity contribution in [2.75, 3.05) is 20.3 Å². The Bertz CT molecular complexity index is 531. The highest BCUT2D eigenvalue weighted by atomic mass is 16.5. The molecule has 5 atom stereocenters. The quantitative estimate of drug-likeness (QED) is 0.557. The van der Waals surface area contributed by atoms with Crippen LogP contribution in [0, 0.1) is 11.8 Å². The molecule has 0 unspecified atom stereocenters. The molecule has 0 aliphatic carbocycles. The Balaban J connectivity index is 1.92. The molecule has 3 aliphatic rings. The average molecular weight is 307 g/mol. The fourth-order valence-electron chi connectivity index (χ4n) is 4.12. The lowest BCUT2D eigenvalue weighted by Gasteiger charge is -2.32. The highest BCUT2D eigenvalue weighted by Crippen LogP contribution is 2.55. The number of carboxylic acid groups (broad SMARTS) is 1. The smallest absolute Gasteiger partial charge is 0.310 e. The van der Waals surface area contributed by atoms with Crippen molar-refractivity contribution >= 4 is 11.9 Å². The Hall–Kier alpha value is -1.66. The number of aliphatic carboxylic acids is 1. The number of likely N-dealkylation sites (tertiary alicyclic amines) is 1. The van der Waals surface area contributed by atoms with Crippen LogP contribution < -0.4 is 0 Å². The third-order valence-electron chi connectivity index (χ3n) is 4.95. The first-order valence-electron chi connectivity index (χ1n) is 7.57. The number of carbonyl (C=O) groups is 2. The van der Waals surface area contributed by atoms with Crippen molar-refractivity contribution in [2.24, 2.45) is 11.8 Å². The first-order chi connectivity index (χ1) is 10.6. The monoisotopic (exact) mass is 307 g/mol. The predicted octanol–water partition coefficient (Wildman–Crippen LogP) is 0.834. The van der Waals surface area contributed by atoms with Gasteiger partial charge in [-0.15, -0.1) is 6.58 Å². The van der Waals surface area contributed by atoms with Crippen molar-refractivity contribution in [3.8, 4) is 0 Å². The number of rotatable bonds is 7. The molecule has 0 aromatic rings. The molecule has 2 saturated heterocycles. The van der Waals surface area contributed by atoms with Crippen LogP contribution in [0.15, 0.2) is 24.8 Å². The highest BCUT2D eigenvalue weighted by Gasteiger charge is 2.70. The Morgan fingerprint density at radius 1 is 1.64 bits per heavy atom. The average Bonchev–Trinajstić information content (AvgIpc) is 3.11. The third-order valence-corrected chi connectivity index (χ3v) is 4.95. The van der Waals surface area contributed by atoms with E-state index in [1.165, 1.54) is 0 Å². The summed E-state index contributed by atoms with van der Waals surface area (Å²) in [4.78, 5) is 26.2. The van der Waals surface area contributed by atoms with E-state index in [-0.39, 0.29) is 11.9 Å². The Labute approximate surface area is 129 Å². The molecule has 6 nitrogen and oxygen atoms in total. The van der Waals surface area contributed by atoms with E-state index in [2.05, 4.69) is 6.58 Å². The minimum atomic E-state index is -0.967. The van der Waals surface area contributed by atoms with Gasteiger partial charge >= 0.3 is 5.97 Å². The number of carboxylic acids is 1. The minimum Gasteiger partial charge on any atom is -0.481 e. The largest absolute Gasteiger partial charge is 0.481 e. The molecule has 0 aromatic carbocycles. The molecule has 0 aromatic heterocycles. The van der Waals surface area contributed by atoms with Crippen molar-refractivity contribution in [2.45, 2.75) is 30.6 Å². The number of amides is 1. The van der Waals surface area contributed by atoms with E-state index in [0.29, 0.717) is 26.0 Å². The lowest BCUT2D eigenvalue weighted by atomic mass is 9.74. The first kappa shape index (κ1) is 15.2. The topological polar surface area (TPSA) is 76.1 Å². The van der Waals surface area contributed by atoms with Gasteiger partial charge in [-0.1, -0.05) is 18.2 Å². The van der Waals surface area contributed by atoms with Crippen molar-refractivity contribution < 1.29 is 24.2 Å². The van der Waals surface area contributed by atoms with Crippen LogP contribution in [0.3, 0.4) is 0 Å². The molecule has 1 N–H and O–H groups in total. The zero-order valence-electron chi connectivity index (χ0n) is 12.6. The second-order valence-electron chi connectivity index (χ2n) is 6.05. The lowest BCUT2D eigenvalue weighted by molar-refractivity contribution is -0.148. The summed E-state index contributed by atoms with van der Waals surface area (Å²) >= 11 is 0. The number of methoxy groups -OCH3 is 1. The first-order valence-corrected chi connectivity index (χ1v) is 7.57. The van der Waals surface area contributed by atoms with Gasteiger partial charge in [-0.05, 0) is 12.8 Å². The van der Waals surface area contributed by atoms with Gasteiger partial charge in [-0.2, -0.15) is 0 Å². The molecular weight excluding hydrogens is 286 g/mol. The van der Waals surface area contributed by atoms with Crippen LogP contribution in [0.25, 0.3) is 0 Å². The van der Waals surface area contributed by atoms with Crippen LogP contribution in [0.1, 0.15) is 12.8 Å². The van der Waals surface area contributed by atoms with Crippen molar-refractivity contribution in [3.63, 3.8) is 0 Å². The molecule has 2 bridgehead atoms. The molecule has 120 valence electrons. The number of hydrogen-bond acceptors (Lipinski definition) is 4. The second kappa shape index (κ2) is 5.52. The summed E-state index contributed by atoms with van der Waals surface area (Å²) in [6.07, 6.45) is 6.24. The summed E-state index contributed by atoms with van der Waals surface area (Å²) < 4.78 is 11.0. The Kier molecular flexibility index (Phi) is 3.82. The van der Waals surface area contributed by atoms with Gasteiger partial charge in [0, 0.05) is 20.3 Å². The summed E-state index contributed by atoms with van der Waals surface area (Å²) in [6.45, 7) is 4.87. The number of fused-ring (bicyclic) bond motifs is 1. The van der Waals surface area contributed by atoms with Gasteiger partial charge in [0.2, 0.25) is 5.91 Å². The number of nitrogens with zero attached hydrogens (tertiary/aromatic N) is 1. The van der Waals surface area contributed by atoms with Crippen molar-refractivity contribution in [1.82, 2.24) is 4.90 Å². The third kappa shape index (κ3) is 1.94. The molecule has 0 radical (unpaired) electrons. The van der Waals surface area contributed by atoms with E-state index >= 15 is 0 Å². The van der Waals surface area contributed by atoms with E-state index < -0.39 is 29.5 Å². The fourth-order valence-corrected chi connectivity index (χ4v) is 4.12. The van der Waals surface area contributed by atoms with Crippen molar-refractivity contribution in [3.05, 3.63) is 24.8 Å². The lowest BCUT2D eigenvalue weighted by Crippen LogP contribution is -2.45. The van der Waals surface area contributed by atoms with Gasteiger partial charge in [-0.3, -0.25) is 9.59 Å². The van der Waals surface area contributed by atoms with Crippen molar-refractivity contribution in [1.29, 1.82) is 0 Å². The molecule has 3 aliphatic heterocycles. The Morgan fingerprint density at radius 3 is 3.05 bits per heavy atom. The number of ether oxygens (including phenoxy) is 2. The summed E-state index contributed by atoms with van der Waals surface area (Å²) in [7, 11) is 1.62. The van der Waals surface area contributed by atoms with Crippen LogP contribution in [-0.4, -0.2) is 59.9 Å². The van der Waals surface area contributed by atoms with Crippen LogP contribution >= 0.6 is 0 Å². The van der Waals surface area contributed by atoms with Gasteiger partial charge in [0.1, 0.15) is 11.5 Å². The Morgan fingerprint density at radius 2 is 2.41 bits per heavy atom. The standard InChI is InChI=1S/C16H21NO5/c1-3-5-11-16-7-6-10(22-16)12(15(19)20)13(16)14(18)17(11)8-4-9-21-2/h3,6-7,10-13H,1,4-5,8-9H2,2H3,(H,19,20)/t10-,11-,12+,13-,16-/m1/s1. The van der Waals surface area contributed by atoms with E-state index in [9.17, 15) is 14.7 Å². The molecule has 1 amide bonds. The fraction of sp³-hybridized carbons (Fsp3) is 0.625. The summed E-state index contributed by atoms with van der Waals surface area (Å²) in [5, 5.41) is 9.49. The van der Waals surface area contributed by atoms with Gasteiger partial charge in [-0.25, -0.2) is 0 Å². The SMILES string of the molecule is C=CC[C@H]1N(CCCOC)C(=O)[C@H]2[C@@H](C(=O)O)[C@H]3C=C[C@]21O3. The zero-order valence-corrected chi connectivity index (χ0v) is 12.6. The van der Waals surface area contributed by atoms with Crippen LogP contribution in [0.5, 0.6) is 0 Å². The van der Waals surface area contributed by atoms with Gasteiger partial charge in [0.15, 0.2) is 0 Å². The van der Waals surface area contributed by atoms with E-state index in [1.54, 1.807) is 24.2 Å². The zero-order chi connectivity index (χ0) is 15.9. The summed E-state index contributed by atoms with van der Waals surface area (Å²) in [5.41, 5.74) is -0.813. The summed E-state index contributed by atoms with van der Waals surface area (Å²) in [5.74, 6) is -2.52. The minimum absolute atomic E-state index is 0.123. The molecule has 22 heavy (non-hydrogen) atoms. The molecular formula is C16H21NO5. The molecule has 2 fully saturated rings. The van der Waals surface area contributed by atoms with Crippen LogP contribution in [0.2, 0.25) is 0 Å². The normalized spacial score (nSPS) is 38.6. The second-order valence-corrected chi connectivity index (χ2v) is 6.05. The maximum atomic E-state index is 12.8. The highest BCUT2D eigenvalue weighted by molar-refractivity contribution is 5.91. The molecule has 3 heterocycles. The van der Waals surface area contributed by atoms with Gasteiger partial charge in [0.05, 0.1) is 18.1 Å². The van der Waals surface area contributed by atoms with Gasteiger partial charge in [0.25, 0.3) is 0 Å². The van der Waals surface area contributed by atoms with Gasteiger partial charge < -0.3 is 19.5 Å². The van der Waals surface area contributed by atoms with Crippen LogP contribution in [-0.2, 0) is 19.1 Å².